The van der Waals surface area contributed by atoms with Gasteiger partial charge in [0.25, 0.3) is 5.56 Å². The van der Waals surface area contributed by atoms with Crippen molar-refractivity contribution >= 4 is 56.3 Å². The van der Waals surface area contributed by atoms with Crippen molar-refractivity contribution in [2.45, 2.75) is 26.8 Å². The molecular formula is C23H19Cl2N3O2S. The van der Waals surface area contributed by atoms with E-state index < -0.39 is 6.04 Å². The van der Waals surface area contributed by atoms with Crippen LogP contribution in [0, 0.1) is 13.8 Å². The molecule has 4 rings (SSSR count). The molecule has 5 nitrogen and oxygen atoms in total. The second-order valence-corrected chi connectivity index (χ2v) is 9.38. The summed E-state index contributed by atoms with van der Waals surface area (Å²) in [6.45, 7) is 5.51. The SMILES string of the molecule is Cc1ccc(Cl)cc1NC(=O)C(C)n1cnc2sc(C)c(-c3ccc(Cl)cc3)c2c1=O. The second kappa shape index (κ2) is 8.46. The van der Waals surface area contributed by atoms with E-state index in [4.69, 9.17) is 23.2 Å². The molecule has 0 bridgehead atoms. The smallest absolute Gasteiger partial charge is 0.263 e. The molecule has 8 heteroatoms. The minimum Gasteiger partial charge on any atom is -0.324 e. The lowest BCUT2D eigenvalue weighted by Gasteiger charge is -2.16. The van der Waals surface area contributed by atoms with Crippen LogP contribution in [0.3, 0.4) is 0 Å². The minimum absolute atomic E-state index is 0.259. The Morgan fingerprint density at radius 1 is 1.10 bits per heavy atom. The van der Waals surface area contributed by atoms with Crippen molar-refractivity contribution in [3.63, 3.8) is 0 Å². The van der Waals surface area contributed by atoms with Crippen molar-refractivity contribution in [3.05, 3.63) is 79.6 Å². The molecule has 2 aromatic carbocycles. The summed E-state index contributed by atoms with van der Waals surface area (Å²) in [4.78, 5) is 32.4. The van der Waals surface area contributed by atoms with E-state index >= 15 is 0 Å². The van der Waals surface area contributed by atoms with Crippen molar-refractivity contribution in [3.8, 4) is 11.1 Å². The molecule has 0 saturated carbocycles. The van der Waals surface area contributed by atoms with Crippen molar-refractivity contribution < 1.29 is 4.79 Å². The van der Waals surface area contributed by atoms with Crippen LogP contribution >= 0.6 is 34.5 Å². The van der Waals surface area contributed by atoms with Gasteiger partial charge in [-0.3, -0.25) is 14.2 Å². The van der Waals surface area contributed by atoms with Gasteiger partial charge in [-0.2, -0.15) is 0 Å². The van der Waals surface area contributed by atoms with Gasteiger partial charge in [0, 0.05) is 26.2 Å². The predicted octanol–water partition coefficient (Wildman–Crippen LogP) is 6.25. The lowest BCUT2D eigenvalue weighted by atomic mass is 10.0. The molecule has 158 valence electrons. The quantitative estimate of drug-likeness (QED) is 0.382. The predicted molar refractivity (Wildman–Crippen MR) is 129 cm³/mol. The van der Waals surface area contributed by atoms with E-state index in [0.29, 0.717) is 25.9 Å². The highest BCUT2D eigenvalue weighted by Crippen LogP contribution is 2.36. The van der Waals surface area contributed by atoms with Crippen LogP contribution in [0.25, 0.3) is 21.3 Å². The van der Waals surface area contributed by atoms with Gasteiger partial charge in [-0.1, -0.05) is 41.4 Å². The average molecular weight is 472 g/mol. The van der Waals surface area contributed by atoms with Gasteiger partial charge in [0.2, 0.25) is 5.91 Å². The molecule has 2 heterocycles. The van der Waals surface area contributed by atoms with Crippen molar-refractivity contribution in [1.82, 2.24) is 9.55 Å². The first kappa shape index (κ1) is 21.6. The number of fused-ring (bicyclic) bond motifs is 1. The van der Waals surface area contributed by atoms with Crippen LogP contribution in [0.15, 0.2) is 53.6 Å². The maximum absolute atomic E-state index is 13.4. The topological polar surface area (TPSA) is 64.0 Å². The summed E-state index contributed by atoms with van der Waals surface area (Å²) in [5, 5.41) is 4.51. The molecule has 0 aliphatic heterocycles. The number of nitrogens with zero attached hydrogens (tertiary/aromatic N) is 2. The first-order valence-corrected chi connectivity index (χ1v) is 11.2. The Morgan fingerprint density at radius 2 is 1.77 bits per heavy atom. The highest BCUT2D eigenvalue weighted by atomic mass is 35.5. The molecule has 0 radical (unpaired) electrons. The van der Waals surface area contributed by atoms with Crippen molar-refractivity contribution in [2.24, 2.45) is 0 Å². The number of nitrogens with one attached hydrogen (secondary N) is 1. The third-order valence-corrected chi connectivity index (χ3v) is 6.70. The first-order chi connectivity index (χ1) is 14.8. The summed E-state index contributed by atoms with van der Waals surface area (Å²) in [6, 6.07) is 11.9. The zero-order valence-electron chi connectivity index (χ0n) is 17.1. The Morgan fingerprint density at radius 3 is 2.48 bits per heavy atom. The van der Waals surface area contributed by atoms with Gasteiger partial charge < -0.3 is 5.32 Å². The number of thiophene rings is 1. The van der Waals surface area contributed by atoms with Gasteiger partial charge in [-0.15, -0.1) is 11.3 Å². The maximum atomic E-state index is 13.4. The molecule has 0 aliphatic rings. The molecule has 1 unspecified atom stereocenters. The molecule has 4 aromatic rings. The second-order valence-electron chi connectivity index (χ2n) is 7.30. The molecule has 1 atom stereocenters. The van der Waals surface area contributed by atoms with Crippen LogP contribution in [0.1, 0.15) is 23.4 Å². The summed E-state index contributed by atoms with van der Waals surface area (Å²) in [7, 11) is 0. The zero-order chi connectivity index (χ0) is 22.3. The molecule has 0 spiro atoms. The Hall–Kier alpha value is -2.67. The van der Waals surface area contributed by atoms with Crippen molar-refractivity contribution in [1.29, 1.82) is 0 Å². The number of hydrogen-bond donors (Lipinski definition) is 1. The monoisotopic (exact) mass is 471 g/mol. The van der Waals surface area contributed by atoms with E-state index in [-0.39, 0.29) is 11.5 Å². The van der Waals surface area contributed by atoms with E-state index in [2.05, 4.69) is 10.3 Å². The summed E-state index contributed by atoms with van der Waals surface area (Å²) in [5.41, 5.74) is 2.94. The molecule has 1 amide bonds. The first-order valence-electron chi connectivity index (χ1n) is 9.59. The van der Waals surface area contributed by atoms with Crippen LogP contribution in [0.5, 0.6) is 0 Å². The van der Waals surface area contributed by atoms with Crippen LogP contribution < -0.4 is 10.9 Å². The average Bonchev–Trinajstić information content (AvgIpc) is 3.08. The molecule has 0 saturated heterocycles. The number of anilines is 1. The fraction of sp³-hybridized carbons (Fsp3) is 0.174. The number of hydrogen-bond acceptors (Lipinski definition) is 4. The number of aromatic nitrogens is 2. The van der Waals surface area contributed by atoms with E-state index in [0.717, 1.165) is 21.6 Å². The summed E-state index contributed by atoms with van der Waals surface area (Å²) in [5.74, 6) is -0.325. The standard InChI is InChI=1S/C23H19Cl2N3O2S/c1-12-4-7-17(25)10-18(12)27-21(29)13(2)28-11-26-22-20(23(28)30)19(14(3)31-22)15-5-8-16(24)9-6-15/h4-11,13H,1-3H3,(H,27,29). The summed E-state index contributed by atoms with van der Waals surface area (Å²) < 4.78 is 1.36. The Kier molecular flexibility index (Phi) is 5.88. The number of benzene rings is 2. The molecule has 0 fully saturated rings. The van der Waals surface area contributed by atoms with Crippen LogP contribution in [-0.4, -0.2) is 15.5 Å². The van der Waals surface area contributed by atoms with Gasteiger partial charge in [0.05, 0.1) is 11.7 Å². The molecule has 2 aromatic heterocycles. The zero-order valence-corrected chi connectivity index (χ0v) is 19.4. The third-order valence-electron chi connectivity index (χ3n) is 5.20. The molecule has 1 N–H and O–H groups in total. The highest BCUT2D eigenvalue weighted by Gasteiger charge is 2.22. The maximum Gasteiger partial charge on any atom is 0.263 e. The van der Waals surface area contributed by atoms with E-state index in [1.807, 2.05) is 32.0 Å². The fourth-order valence-electron chi connectivity index (χ4n) is 3.45. The van der Waals surface area contributed by atoms with Crippen LogP contribution in [0.2, 0.25) is 10.0 Å². The van der Waals surface area contributed by atoms with Gasteiger partial charge in [-0.25, -0.2) is 4.98 Å². The van der Waals surface area contributed by atoms with E-state index in [1.165, 1.54) is 22.2 Å². The minimum atomic E-state index is -0.763. The van der Waals surface area contributed by atoms with Gasteiger partial charge in [0.15, 0.2) is 0 Å². The van der Waals surface area contributed by atoms with Gasteiger partial charge in [-0.05, 0) is 56.2 Å². The summed E-state index contributed by atoms with van der Waals surface area (Å²) >= 11 is 13.5. The molecular weight excluding hydrogens is 453 g/mol. The highest BCUT2D eigenvalue weighted by molar-refractivity contribution is 7.19. The van der Waals surface area contributed by atoms with E-state index in [9.17, 15) is 9.59 Å². The summed E-state index contributed by atoms with van der Waals surface area (Å²) in [6.07, 6.45) is 1.43. The normalized spacial score (nSPS) is 12.2. The van der Waals surface area contributed by atoms with Crippen LogP contribution in [-0.2, 0) is 4.79 Å². The van der Waals surface area contributed by atoms with Crippen molar-refractivity contribution in [2.75, 3.05) is 5.32 Å². The number of carbonyl (C=O) groups excluding carboxylic acids is 1. The number of amides is 1. The van der Waals surface area contributed by atoms with Gasteiger partial charge in [0.1, 0.15) is 10.9 Å². The molecule has 31 heavy (non-hydrogen) atoms. The Balaban J connectivity index is 1.76. The van der Waals surface area contributed by atoms with Crippen LogP contribution in [0.4, 0.5) is 5.69 Å². The number of halogens is 2. The fourth-order valence-corrected chi connectivity index (χ4v) is 4.75. The van der Waals surface area contributed by atoms with E-state index in [1.54, 1.807) is 31.2 Å². The largest absolute Gasteiger partial charge is 0.324 e. The lowest BCUT2D eigenvalue weighted by Crippen LogP contribution is -2.31. The number of carbonyl (C=O) groups is 1. The number of rotatable bonds is 4. The number of aryl methyl sites for hydroxylation is 2. The Bertz CT molecular complexity index is 1360. The van der Waals surface area contributed by atoms with Gasteiger partial charge >= 0.3 is 0 Å². The Labute approximate surface area is 193 Å². The molecule has 0 aliphatic carbocycles. The third kappa shape index (κ3) is 4.11. The lowest BCUT2D eigenvalue weighted by molar-refractivity contribution is -0.118.